The highest BCUT2D eigenvalue weighted by Gasteiger charge is 2.21. The molecule has 1 aromatic heterocycles. The van der Waals surface area contributed by atoms with Crippen LogP contribution >= 0.6 is 0 Å². The summed E-state index contributed by atoms with van der Waals surface area (Å²) in [5.74, 6) is -1.16. The zero-order chi connectivity index (χ0) is 9.84. The average Bonchev–Trinajstić information content (AvgIpc) is 2.53. The molecule has 0 spiro atoms. The molecule has 2 unspecified atom stereocenters. The van der Waals surface area contributed by atoms with Crippen LogP contribution in [-0.4, -0.2) is 27.4 Å². The Morgan fingerprint density at radius 3 is 2.69 bits per heavy atom. The minimum absolute atomic E-state index is 0.369. The highest BCUT2D eigenvalue weighted by Crippen LogP contribution is 2.18. The summed E-state index contributed by atoms with van der Waals surface area (Å²) in [5.41, 5.74) is 0.369. The van der Waals surface area contributed by atoms with Crippen LogP contribution in [0.4, 0.5) is 0 Å². The van der Waals surface area contributed by atoms with Crippen LogP contribution in [0.15, 0.2) is 23.0 Å². The van der Waals surface area contributed by atoms with E-state index in [0.717, 1.165) is 0 Å². The van der Waals surface area contributed by atoms with Crippen molar-refractivity contribution in [3.8, 4) is 0 Å². The van der Waals surface area contributed by atoms with Gasteiger partial charge in [0.15, 0.2) is 0 Å². The van der Waals surface area contributed by atoms with E-state index in [-0.39, 0.29) is 0 Å². The van der Waals surface area contributed by atoms with E-state index in [9.17, 15) is 15.0 Å². The summed E-state index contributed by atoms with van der Waals surface area (Å²) in [6.45, 7) is 0. The maximum absolute atomic E-state index is 10.2. The number of aliphatic hydroxyl groups is 2. The molecule has 3 N–H and O–H groups in total. The van der Waals surface area contributed by atoms with Gasteiger partial charge in [0.2, 0.25) is 0 Å². The Hall–Kier alpha value is -1.33. The third kappa shape index (κ3) is 2.57. The number of carbonyl (C=O) groups is 1. The molecule has 0 amide bonds. The van der Waals surface area contributed by atoms with Gasteiger partial charge in [-0.3, -0.25) is 4.79 Å². The Bertz CT molecular complexity index is 266. The summed E-state index contributed by atoms with van der Waals surface area (Å²) in [7, 11) is 0. The number of carboxylic acid groups (broad SMARTS) is 1. The van der Waals surface area contributed by atoms with E-state index in [1.807, 2.05) is 0 Å². The molecule has 0 saturated heterocycles. The largest absolute Gasteiger partial charge is 0.481 e. The first-order valence-corrected chi connectivity index (χ1v) is 3.71. The van der Waals surface area contributed by atoms with Crippen LogP contribution in [-0.2, 0) is 4.79 Å². The van der Waals surface area contributed by atoms with Gasteiger partial charge in [-0.05, 0) is 6.07 Å². The van der Waals surface area contributed by atoms with Crippen molar-refractivity contribution in [2.75, 3.05) is 0 Å². The number of aliphatic hydroxyl groups excluding tert-OH is 2. The molecule has 13 heavy (non-hydrogen) atoms. The Morgan fingerprint density at radius 1 is 1.54 bits per heavy atom. The van der Waals surface area contributed by atoms with E-state index in [4.69, 9.17) is 5.11 Å². The Kier molecular flexibility index (Phi) is 3.05. The van der Waals surface area contributed by atoms with Gasteiger partial charge in [-0.25, -0.2) is 0 Å². The lowest BCUT2D eigenvalue weighted by atomic mass is 10.1. The molecule has 72 valence electrons. The highest BCUT2D eigenvalue weighted by atomic mass is 16.4. The molecule has 1 heterocycles. The normalized spacial score (nSPS) is 15.2. The topological polar surface area (TPSA) is 90.9 Å². The molecular formula is C8H10O5. The van der Waals surface area contributed by atoms with Gasteiger partial charge in [-0.1, -0.05) is 0 Å². The SMILES string of the molecule is O=C(O)CC(O)C(O)c1ccoc1. The molecule has 1 rings (SSSR count). The molecule has 5 nitrogen and oxygen atoms in total. The summed E-state index contributed by atoms with van der Waals surface area (Å²) in [6, 6.07) is 1.47. The number of hydrogen-bond donors (Lipinski definition) is 3. The molecule has 0 radical (unpaired) electrons. The van der Waals surface area contributed by atoms with Crippen molar-refractivity contribution in [1.82, 2.24) is 0 Å². The third-order valence-corrected chi connectivity index (χ3v) is 1.63. The maximum atomic E-state index is 10.2. The molecule has 2 atom stereocenters. The predicted octanol–water partition coefficient (Wildman–Crippen LogP) is 0.149. The van der Waals surface area contributed by atoms with Crippen molar-refractivity contribution in [2.45, 2.75) is 18.6 Å². The average molecular weight is 186 g/mol. The van der Waals surface area contributed by atoms with Crippen LogP contribution in [0.2, 0.25) is 0 Å². The molecule has 0 aromatic carbocycles. The van der Waals surface area contributed by atoms with Crippen molar-refractivity contribution in [2.24, 2.45) is 0 Å². The summed E-state index contributed by atoms with van der Waals surface area (Å²) >= 11 is 0. The lowest BCUT2D eigenvalue weighted by molar-refractivity contribution is -0.141. The fourth-order valence-corrected chi connectivity index (χ4v) is 0.956. The van der Waals surface area contributed by atoms with E-state index < -0.39 is 24.6 Å². The van der Waals surface area contributed by atoms with Crippen LogP contribution in [0, 0.1) is 0 Å². The molecule has 0 aliphatic heterocycles. The Morgan fingerprint density at radius 2 is 2.23 bits per heavy atom. The molecule has 0 aliphatic rings. The van der Waals surface area contributed by atoms with Gasteiger partial charge < -0.3 is 19.7 Å². The number of hydrogen-bond acceptors (Lipinski definition) is 4. The van der Waals surface area contributed by atoms with Crippen LogP contribution in [0.3, 0.4) is 0 Å². The summed E-state index contributed by atoms with van der Waals surface area (Å²) < 4.78 is 4.67. The molecular weight excluding hydrogens is 176 g/mol. The lowest BCUT2D eigenvalue weighted by Crippen LogP contribution is -2.21. The standard InChI is InChI=1S/C8H10O5/c9-6(3-7(10)11)8(12)5-1-2-13-4-5/h1-2,4,6,8-9,12H,3H2,(H,10,11). The van der Waals surface area contributed by atoms with Gasteiger partial charge in [0.05, 0.1) is 25.1 Å². The van der Waals surface area contributed by atoms with Gasteiger partial charge in [0.25, 0.3) is 0 Å². The molecule has 0 fully saturated rings. The van der Waals surface area contributed by atoms with E-state index in [1.165, 1.54) is 18.6 Å². The quantitative estimate of drug-likeness (QED) is 0.622. The molecule has 5 heteroatoms. The van der Waals surface area contributed by atoms with Gasteiger partial charge in [0.1, 0.15) is 6.10 Å². The maximum Gasteiger partial charge on any atom is 0.306 e. The minimum atomic E-state index is -1.31. The monoisotopic (exact) mass is 186 g/mol. The highest BCUT2D eigenvalue weighted by molar-refractivity contribution is 5.67. The zero-order valence-electron chi connectivity index (χ0n) is 6.75. The van der Waals surface area contributed by atoms with E-state index in [0.29, 0.717) is 5.56 Å². The second-order valence-corrected chi connectivity index (χ2v) is 2.67. The minimum Gasteiger partial charge on any atom is -0.481 e. The van der Waals surface area contributed by atoms with Crippen molar-refractivity contribution >= 4 is 5.97 Å². The van der Waals surface area contributed by atoms with Crippen LogP contribution in [0.1, 0.15) is 18.1 Å². The number of rotatable bonds is 4. The molecule has 1 aromatic rings. The molecule has 0 bridgehead atoms. The van der Waals surface area contributed by atoms with Gasteiger partial charge in [-0.15, -0.1) is 0 Å². The van der Waals surface area contributed by atoms with Crippen LogP contribution in [0.5, 0.6) is 0 Å². The van der Waals surface area contributed by atoms with Gasteiger partial charge in [-0.2, -0.15) is 0 Å². The fraction of sp³-hybridized carbons (Fsp3) is 0.375. The fourth-order valence-electron chi connectivity index (χ4n) is 0.956. The predicted molar refractivity (Wildman–Crippen MR) is 41.9 cm³/mol. The van der Waals surface area contributed by atoms with Crippen molar-refractivity contribution < 1.29 is 24.5 Å². The number of carboxylic acids is 1. The van der Waals surface area contributed by atoms with E-state index in [2.05, 4.69) is 4.42 Å². The van der Waals surface area contributed by atoms with Crippen LogP contribution in [0.25, 0.3) is 0 Å². The first-order valence-electron chi connectivity index (χ1n) is 3.71. The Labute approximate surface area is 74.2 Å². The Balaban J connectivity index is 2.57. The lowest BCUT2D eigenvalue weighted by Gasteiger charge is -2.13. The molecule has 0 saturated carbocycles. The van der Waals surface area contributed by atoms with Crippen molar-refractivity contribution in [3.05, 3.63) is 24.2 Å². The zero-order valence-corrected chi connectivity index (χ0v) is 6.75. The first-order chi connectivity index (χ1) is 6.11. The first kappa shape index (κ1) is 9.76. The molecule has 0 aliphatic carbocycles. The second-order valence-electron chi connectivity index (χ2n) is 2.67. The van der Waals surface area contributed by atoms with Crippen molar-refractivity contribution in [1.29, 1.82) is 0 Å². The van der Waals surface area contributed by atoms with E-state index in [1.54, 1.807) is 0 Å². The van der Waals surface area contributed by atoms with Gasteiger partial charge in [0, 0.05) is 5.56 Å². The number of furan rings is 1. The number of aliphatic carboxylic acids is 1. The smallest absolute Gasteiger partial charge is 0.306 e. The summed E-state index contributed by atoms with van der Waals surface area (Å²) in [4.78, 5) is 10.2. The van der Waals surface area contributed by atoms with E-state index >= 15 is 0 Å². The van der Waals surface area contributed by atoms with Crippen molar-refractivity contribution in [3.63, 3.8) is 0 Å². The third-order valence-electron chi connectivity index (χ3n) is 1.63. The second kappa shape index (κ2) is 4.06. The summed E-state index contributed by atoms with van der Waals surface area (Å²) in [5, 5.41) is 26.9. The summed E-state index contributed by atoms with van der Waals surface area (Å²) in [6.07, 6.45) is -0.418. The van der Waals surface area contributed by atoms with Gasteiger partial charge >= 0.3 is 5.97 Å². The van der Waals surface area contributed by atoms with Crippen LogP contribution < -0.4 is 0 Å².